The Morgan fingerprint density at radius 2 is 0.277 bits per heavy atom. The number of hydrogen-bond donors (Lipinski definition) is 0. The van der Waals surface area contributed by atoms with E-state index in [-0.39, 0.29) is 0 Å². The summed E-state index contributed by atoms with van der Waals surface area (Å²) in [5.41, 5.74) is 28.0. The van der Waals surface area contributed by atoms with Crippen molar-refractivity contribution in [1.29, 1.82) is 10.5 Å². The molecule has 0 atom stereocenters. The van der Waals surface area contributed by atoms with Gasteiger partial charge in [0.15, 0.2) is 0 Å². The molecule has 0 N–H and O–H groups in total. The third-order valence-corrected chi connectivity index (χ3v) is 17.7. The topological polar surface area (TPSA) is 60.5 Å². The maximum absolute atomic E-state index is 12.4. The average molecular weight is 1210 g/mol. The van der Waals surface area contributed by atoms with Crippen LogP contribution in [0.5, 0.6) is 0 Å². The van der Waals surface area contributed by atoms with Crippen molar-refractivity contribution in [2.45, 2.75) is 55.4 Å². The van der Waals surface area contributed by atoms with Crippen LogP contribution in [-0.2, 0) is 0 Å². The van der Waals surface area contributed by atoms with Gasteiger partial charge in [-0.3, -0.25) is 0 Å². The van der Waals surface area contributed by atoms with Gasteiger partial charge in [-0.05, 0) is 223 Å². The molecular formula is C88H72N6. The second kappa shape index (κ2) is 26.5. The lowest BCUT2D eigenvalue weighted by Crippen LogP contribution is -2.10. The Morgan fingerprint density at radius 1 is 0.170 bits per heavy atom. The molecule has 0 radical (unpaired) electrons. The normalized spacial score (nSPS) is 11.0. The largest absolute Gasteiger partial charge is 0.311 e. The molecule has 13 aromatic rings. The summed E-state index contributed by atoms with van der Waals surface area (Å²) in [5, 5.41) is 24.7. The van der Waals surface area contributed by atoms with E-state index in [9.17, 15) is 10.5 Å². The van der Waals surface area contributed by atoms with Crippen LogP contribution in [0.4, 0.5) is 68.2 Å². The standard InChI is InChI=1S/C88H72N6/c1-59-9-33-71(34-10-59)91(72-35-11-60(2)12-36-72)79-49-25-67(26-50-79)85-83(57-89)87(69-29-53-81(54-30-69)93(75-41-17-63(5)18-42-75)76-43-19-64(6)20-44-76)88(70-31-55-82(56-32-70)94(77-45-21-65(7)22-46-77)78-47-23-66(8)24-48-78)84(58-90)86(85)68-27-51-80(52-28-68)92(73-37-13-61(3)14-38-73)74-39-15-62(4)16-40-74/h9-56H,1-8H3. The van der Waals surface area contributed by atoms with Crippen molar-refractivity contribution in [2.75, 3.05) is 19.6 Å². The zero-order valence-corrected chi connectivity index (χ0v) is 54.4. The van der Waals surface area contributed by atoms with Crippen LogP contribution in [0.3, 0.4) is 0 Å². The Kier molecular flexibility index (Phi) is 17.2. The second-order valence-corrected chi connectivity index (χ2v) is 24.7. The smallest absolute Gasteiger partial charge is 0.100 e. The molecule has 6 nitrogen and oxygen atoms in total. The summed E-state index contributed by atoms with van der Waals surface area (Å²) in [6.45, 7) is 16.8. The molecular weight excluding hydrogens is 1140 g/mol. The summed E-state index contributed by atoms with van der Waals surface area (Å²) in [7, 11) is 0. The molecule has 0 saturated heterocycles. The van der Waals surface area contributed by atoms with Crippen LogP contribution in [-0.4, -0.2) is 0 Å². The van der Waals surface area contributed by atoms with E-state index in [1.165, 1.54) is 44.5 Å². The van der Waals surface area contributed by atoms with E-state index in [4.69, 9.17) is 0 Å². The molecule has 0 aliphatic rings. The molecule has 0 heterocycles. The first kappa shape index (κ1) is 60.9. The molecule has 0 fully saturated rings. The summed E-state index contributed by atoms with van der Waals surface area (Å²) in [6, 6.07) is 108. The van der Waals surface area contributed by atoms with Crippen molar-refractivity contribution in [1.82, 2.24) is 0 Å². The minimum atomic E-state index is 0.447. The van der Waals surface area contributed by atoms with Crippen LogP contribution in [0.1, 0.15) is 55.6 Å². The van der Waals surface area contributed by atoms with E-state index < -0.39 is 0 Å². The van der Waals surface area contributed by atoms with E-state index >= 15 is 0 Å². The monoisotopic (exact) mass is 1210 g/mol. The Morgan fingerprint density at radius 3 is 0.383 bits per heavy atom. The Balaban J connectivity index is 1.06. The van der Waals surface area contributed by atoms with E-state index in [0.717, 1.165) is 90.5 Å². The zero-order chi connectivity index (χ0) is 65.0. The van der Waals surface area contributed by atoms with Gasteiger partial charge in [0.1, 0.15) is 12.1 Å². The lowest BCUT2D eigenvalue weighted by atomic mass is 9.78. The van der Waals surface area contributed by atoms with Crippen molar-refractivity contribution in [3.63, 3.8) is 0 Å². The Hall–Kier alpha value is -12.0. The molecule has 13 aromatic carbocycles. The molecule has 94 heavy (non-hydrogen) atoms. The highest BCUT2D eigenvalue weighted by molar-refractivity contribution is 6.05. The van der Waals surface area contributed by atoms with Gasteiger partial charge >= 0.3 is 0 Å². The van der Waals surface area contributed by atoms with Gasteiger partial charge in [-0.1, -0.05) is 190 Å². The lowest BCUT2D eigenvalue weighted by Gasteiger charge is -2.28. The summed E-state index contributed by atoms with van der Waals surface area (Å²) in [6.07, 6.45) is 0. The summed E-state index contributed by atoms with van der Waals surface area (Å²) in [4.78, 5) is 9.04. The number of hydrogen-bond acceptors (Lipinski definition) is 6. The van der Waals surface area contributed by atoms with Gasteiger partial charge in [0, 0.05) is 90.5 Å². The molecule has 0 unspecified atom stereocenters. The van der Waals surface area contributed by atoms with Crippen LogP contribution < -0.4 is 19.6 Å². The Bertz CT molecular complexity index is 4090. The van der Waals surface area contributed by atoms with Crippen molar-refractivity contribution in [3.05, 3.63) is 347 Å². The summed E-state index contributed by atoms with van der Waals surface area (Å²) in [5.74, 6) is 0. The van der Waals surface area contributed by atoms with Gasteiger partial charge < -0.3 is 19.6 Å². The van der Waals surface area contributed by atoms with Gasteiger partial charge in [0.05, 0.1) is 11.1 Å². The fourth-order valence-corrected chi connectivity index (χ4v) is 12.6. The van der Waals surface area contributed by atoms with E-state index in [2.05, 4.69) is 378 Å². The number of aryl methyl sites for hydroxylation is 8. The average Bonchev–Trinajstić information content (AvgIpc) is 0.734. The predicted molar refractivity (Wildman–Crippen MR) is 394 cm³/mol. The van der Waals surface area contributed by atoms with Crippen LogP contribution >= 0.6 is 0 Å². The maximum Gasteiger partial charge on any atom is 0.100 e. The quantitative estimate of drug-likeness (QED) is 0.0961. The van der Waals surface area contributed by atoms with Crippen molar-refractivity contribution < 1.29 is 0 Å². The third kappa shape index (κ3) is 12.5. The van der Waals surface area contributed by atoms with Gasteiger partial charge in [-0.15, -0.1) is 0 Å². The molecule has 0 saturated carbocycles. The van der Waals surface area contributed by atoms with Crippen LogP contribution in [0.15, 0.2) is 291 Å². The summed E-state index contributed by atoms with van der Waals surface area (Å²) < 4.78 is 0. The number of nitriles is 2. The van der Waals surface area contributed by atoms with Gasteiger partial charge in [0.25, 0.3) is 0 Å². The molecule has 0 bridgehead atoms. The van der Waals surface area contributed by atoms with Gasteiger partial charge in [-0.2, -0.15) is 10.5 Å². The molecule has 0 aliphatic carbocycles. The molecule has 13 rings (SSSR count). The number of rotatable bonds is 16. The fraction of sp³-hybridized carbons (Fsp3) is 0.0909. The molecule has 0 spiro atoms. The van der Waals surface area contributed by atoms with E-state index in [0.29, 0.717) is 33.4 Å². The molecule has 0 amide bonds. The number of benzene rings is 13. The first-order chi connectivity index (χ1) is 45.8. The zero-order valence-electron chi connectivity index (χ0n) is 54.4. The highest BCUT2D eigenvalue weighted by Gasteiger charge is 2.30. The van der Waals surface area contributed by atoms with Crippen LogP contribution in [0.2, 0.25) is 0 Å². The molecule has 0 aromatic heterocycles. The maximum atomic E-state index is 12.4. The Labute approximate surface area is 554 Å². The predicted octanol–water partition coefficient (Wildman–Crippen LogP) is 24.4. The minimum absolute atomic E-state index is 0.447. The third-order valence-electron chi connectivity index (χ3n) is 17.7. The first-order valence-corrected chi connectivity index (χ1v) is 32.0. The summed E-state index contributed by atoms with van der Waals surface area (Å²) >= 11 is 0. The highest BCUT2D eigenvalue weighted by atomic mass is 15.2. The first-order valence-electron chi connectivity index (χ1n) is 32.0. The van der Waals surface area contributed by atoms with Crippen molar-refractivity contribution in [3.8, 4) is 56.6 Å². The SMILES string of the molecule is Cc1ccc(N(c2ccc(C)cc2)c2ccc(-c3c(C#N)c(-c4ccc(N(c5ccc(C)cc5)c5ccc(C)cc5)cc4)c(-c4ccc(N(c5ccc(C)cc5)c5ccc(C)cc5)cc4)c(C#N)c3-c3ccc(N(c4ccc(C)cc4)c4ccc(C)cc4)cc3)cc2)cc1. The molecule has 0 aliphatic heterocycles. The second-order valence-electron chi connectivity index (χ2n) is 24.7. The van der Waals surface area contributed by atoms with Gasteiger partial charge in [-0.25, -0.2) is 0 Å². The number of nitrogens with zero attached hydrogens (tertiary/aromatic N) is 6. The molecule has 6 heteroatoms. The van der Waals surface area contributed by atoms with Gasteiger partial charge in [0.2, 0.25) is 0 Å². The lowest BCUT2D eigenvalue weighted by molar-refractivity contribution is 1.26. The number of anilines is 12. The minimum Gasteiger partial charge on any atom is -0.311 e. The van der Waals surface area contributed by atoms with E-state index in [1.54, 1.807) is 0 Å². The fourth-order valence-electron chi connectivity index (χ4n) is 12.6. The van der Waals surface area contributed by atoms with Crippen molar-refractivity contribution >= 4 is 68.2 Å². The van der Waals surface area contributed by atoms with Crippen LogP contribution in [0, 0.1) is 78.1 Å². The van der Waals surface area contributed by atoms with Crippen molar-refractivity contribution in [2.24, 2.45) is 0 Å². The van der Waals surface area contributed by atoms with E-state index in [1.807, 2.05) is 0 Å². The van der Waals surface area contributed by atoms with Crippen LogP contribution in [0.25, 0.3) is 44.5 Å². The highest BCUT2D eigenvalue weighted by Crippen LogP contribution is 2.51. The molecule has 454 valence electrons.